The minimum absolute atomic E-state index is 0.212. The summed E-state index contributed by atoms with van der Waals surface area (Å²) in [5, 5.41) is 2.82. The van der Waals surface area contributed by atoms with E-state index in [0.717, 1.165) is 0 Å². The van der Waals surface area contributed by atoms with E-state index in [0.29, 0.717) is 51.8 Å². The van der Waals surface area contributed by atoms with Crippen LogP contribution >= 0.6 is 0 Å². The van der Waals surface area contributed by atoms with Crippen molar-refractivity contribution in [2.45, 2.75) is 32.7 Å². The van der Waals surface area contributed by atoms with Crippen molar-refractivity contribution in [3.05, 3.63) is 47.0 Å². The number of amides is 1. The zero-order valence-electron chi connectivity index (χ0n) is 20.2. The van der Waals surface area contributed by atoms with E-state index >= 15 is 0 Å². The molecule has 0 aliphatic rings. The Morgan fingerprint density at radius 1 is 0.970 bits per heavy atom. The number of ether oxygens (including phenoxy) is 4. The molecule has 8 heteroatoms. The van der Waals surface area contributed by atoms with Gasteiger partial charge < -0.3 is 30.0 Å². The summed E-state index contributed by atoms with van der Waals surface area (Å²) in [6, 6.07) is 8.45. The van der Waals surface area contributed by atoms with Gasteiger partial charge in [0.05, 0.1) is 39.7 Å². The van der Waals surface area contributed by atoms with Crippen molar-refractivity contribution in [1.82, 2.24) is 0 Å². The lowest BCUT2D eigenvalue weighted by Gasteiger charge is -2.22. The molecule has 2 aromatic rings. The van der Waals surface area contributed by atoms with Gasteiger partial charge in [-0.25, -0.2) is 0 Å². The molecule has 1 amide bonds. The maximum Gasteiger partial charge on any atom is 0.244 e. The van der Waals surface area contributed by atoms with Crippen molar-refractivity contribution in [2.24, 2.45) is 5.73 Å². The molecule has 0 aromatic heterocycles. The number of carbonyl (C=O) groups is 2. The maximum absolute atomic E-state index is 13.1. The summed E-state index contributed by atoms with van der Waals surface area (Å²) in [5.74, 6) is 1.14. The lowest BCUT2D eigenvalue weighted by molar-refractivity contribution is -0.120. The van der Waals surface area contributed by atoms with Crippen molar-refractivity contribution in [3.8, 4) is 23.0 Å². The van der Waals surface area contributed by atoms with Crippen molar-refractivity contribution in [1.29, 1.82) is 0 Å². The first-order valence-electron chi connectivity index (χ1n) is 10.4. The van der Waals surface area contributed by atoms with Gasteiger partial charge in [-0.2, -0.15) is 0 Å². The average Bonchev–Trinajstić information content (AvgIpc) is 2.82. The van der Waals surface area contributed by atoms with Crippen molar-refractivity contribution < 1.29 is 28.5 Å². The lowest BCUT2D eigenvalue weighted by Crippen LogP contribution is -2.47. The molecule has 8 nitrogen and oxygen atoms in total. The molecule has 0 aliphatic heterocycles. The number of hydrogen-bond donors (Lipinski definition) is 2. The summed E-state index contributed by atoms with van der Waals surface area (Å²) < 4.78 is 21.4. The quantitative estimate of drug-likeness (QED) is 0.410. The molecule has 178 valence electrons. The van der Waals surface area contributed by atoms with Gasteiger partial charge in [0.25, 0.3) is 0 Å². The molecule has 1 atom stereocenters. The van der Waals surface area contributed by atoms with E-state index in [1.807, 2.05) is 6.92 Å². The minimum Gasteiger partial charge on any atom is -0.495 e. The maximum atomic E-state index is 13.1. The number of ketones is 1. The van der Waals surface area contributed by atoms with E-state index in [1.54, 1.807) is 50.3 Å². The zero-order valence-corrected chi connectivity index (χ0v) is 20.2. The number of carbonyl (C=O) groups excluding carboxylic acids is 2. The molecule has 0 heterocycles. The van der Waals surface area contributed by atoms with Gasteiger partial charge in [0.15, 0.2) is 17.3 Å². The fourth-order valence-corrected chi connectivity index (χ4v) is 3.09. The van der Waals surface area contributed by atoms with Gasteiger partial charge in [-0.05, 0) is 61.7 Å². The Morgan fingerprint density at radius 2 is 1.55 bits per heavy atom. The monoisotopic (exact) mass is 456 g/mol. The number of Topliss-reactive ketones (excluding diaryl/α,β-unsaturated/α-hetero) is 1. The predicted octanol–water partition coefficient (Wildman–Crippen LogP) is 4.07. The van der Waals surface area contributed by atoms with E-state index in [4.69, 9.17) is 24.7 Å². The fraction of sp³-hybridized carbons (Fsp3) is 0.360. The van der Waals surface area contributed by atoms with Crippen LogP contribution in [0.15, 0.2) is 35.9 Å². The van der Waals surface area contributed by atoms with Crippen molar-refractivity contribution in [3.63, 3.8) is 0 Å². The van der Waals surface area contributed by atoms with Gasteiger partial charge in [-0.15, -0.1) is 0 Å². The Balaban J connectivity index is 2.41. The van der Waals surface area contributed by atoms with Crippen LogP contribution in [0, 0.1) is 0 Å². The Labute approximate surface area is 194 Å². The number of allylic oxidation sites excluding steroid dienone is 1. The summed E-state index contributed by atoms with van der Waals surface area (Å²) in [7, 11) is 6.00. The van der Waals surface area contributed by atoms with Crippen LogP contribution in [0.25, 0.3) is 6.08 Å². The number of nitrogens with two attached hydrogens (primary N) is 1. The SMILES string of the molecule is CCC(C)(N)C(=O)Nc1cc(C=C(C)C(=O)c2cc(OC)c(OC)c(OC)c2)ccc1OC. The molecule has 0 saturated heterocycles. The van der Waals surface area contributed by atoms with Crippen LogP contribution in [0.5, 0.6) is 23.0 Å². The molecular weight excluding hydrogens is 424 g/mol. The number of anilines is 1. The van der Waals surface area contributed by atoms with Gasteiger partial charge in [-0.1, -0.05) is 13.0 Å². The number of benzene rings is 2. The molecule has 0 aliphatic carbocycles. The molecule has 1 unspecified atom stereocenters. The number of nitrogens with one attached hydrogen (secondary N) is 1. The van der Waals surface area contributed by atoms with Crippen LogP contribution in [0.1, 0.15) is 43.1 Å². The fourth-order valence-electron chi connectivity index (χ4n) is 3.09. The highest BCUT2D eigenvalue weighted by Crippen LogP contribution is 2.38. The first-order chi connectivity index (χ1) is 15.6. The van der Waals surface area contributed by atoms with Gasteiger partial charge >= 0.3 is 0 Å². The smallest absolute Gasteiger partial charge is 0.244 e. The lowest BCUT2D eigenvalue weighted by atomic mass is 9.99. The third-order valence-electron chi connectivity index (χ3n) is 5.39. The van der Waals surface area contributed by atoms with E-state index in [2.05, 4.69) is 5.32 Å². The average molecular weight is 457 g/mol. The number of rotatable bonds is 10. The van der Waals surface area contributed by atoms with Crippen LogP contribution in [-0.2, 0) is 4.79 Å². The third-order valence-corrected chi connectivity index (χ3v) is 5.39. The van der Waals surface area contributed by atoms with E-state index in [1.165, 1.54) is 28.4 Å². The molecule has 0 bridgehead atoms. The molecular formula is C25H32N2O6. The molecule has 2 rings (SSSR count). The first-order valence-corrected chi connectivity index (χ1v) is 10.4. The summed E-state index contributed by atoms with van der Waals surface area (Å²) >= 11 is 0. The van der Waals surface area contributed by atoms with Crippen LogP contribution in [0.4, 0.5) is 5.69 Å². The molecule has 0 radical (unpaired) electrons. The van der Waals surface area contributed by atoms with Crippen LogP contribution in [0.2, 0.25) is 0 Å². The highest BCUT2D eigenvalue weighted by molar-refractivity contribution is 6.11. The van der Waals surface area contributed by atoms with Gasteiger partial charge in [-0.3, -0.25) is 9.59 Å². The van der Waals surface area contributed by atoms with E-state index < -0.39 is 5.54 Å². The Hall–Kier alpha value is -3.52. The topological polar surface area (TPSA) is 109 Å². The second-order valence-electron chi connectivity index (χ2n) is 7.76. The first kappa shape index (κ1) is 25.7. The van der Waals surface area contributed by atoms with E-state index in [9.17, 15) is 9.59 Å². The van der Waals surface area contributed by atoms with Gasteiger partial charge in [0.1, 0.15) is 5.75 Å². The summed E-state index contributed by atoms with van der Waals surface area (Å²) in [6.45, 7) is 5.22. The van der Waals surface area contributed by atoms with Crippen LogP contribution in [0.3, 0.4) is 0 Å². The molecule has 2 aromatic carbocycles. The summed E-state index contributed by atoms with van der Waals surface area (Å²) in [6.07, 6.45) is 2.20. The second-order valence-corrected chi connectivity index (χ2v) is 7.76. The highest BCUT2D eigenvalue weighted by Gasteiger charge is 2.27. The van der Waals surface area contributed by atoms with Crippen LogP contribution in [-0.4, -0.2) is 45.7 Å². The Morgan fingerprint density at radius 3 is 2.03 bits per heavy atom. The zero-order chi connectivity index (χ0) is 24.8. The molecule has 0 spiro atoms. The highest BCUT2D eigenvalue weighted by atomic mass is 16.5. The molecule has 0 fully saturated rings. The normalized spacial score (nSPS) is 13.0. The number of hydrogen-bond acceptors (Lipinski definition) is 7. The van der Waals surface area contributed by atoms with Gasteiger partial charge in [0, 0.05) is 5.56 Å². The Bertz CT molecular complexity index is 1030. The molecule has 33 heavy (non-hydrogen) atoms. The van der Waals surface area contributed by atoms with E-state index in [-0.39, 0.29) is 11.7 Å². The minimum atomic E-state index is -1.02. The predicted molar refractivity (Wildman–Crippen MR) is 129 cm³/mol. The van der Waals surface area contributed by atoms with Crippen molar-refractivity contribution in [2.75, 3.05) is 33.8 Å². The summed E-state index contributed by atoms with van der Waals surface area (Å²) in [4.78, 5) is 25.6. The van der Waals surface area contributed by atoms with Crippen molar-refractivity contribution >= 4 is 23.5 Å². The molecule has 3 N–H and O–H groups in total. The van der Waals surface area contributed by atoms with Crippen LogP contribution < -0.4 is 30.0 Å². The standard InChI is InChI=1S/C25H32N2O6/c1-8-25(3,26)24(29)27-18-12-16(9-10-19(18)30-4)11-15(2)22(28)17-13-20(31-5)23(33-7)21(14-17)32-6/h9-14H,8,26H2,1-7H3,(H,27,29). The summed E-state index contributed by atoms with van der Waals surface area (Å²) in [5.41, 5.74) is 7.07. The largest absolute Gasteiger partial charge is 0.495 e. The third kappa shape index (κ3) is 5.84. The second kappa shape index (κ2) is 10.9. The molecule has 0 saturated carbocycles. The Kier molecular flexibility index (Phi) is 8.48. The number of methoxy groups -OCH3 is 4. The van der Waals surface area contributed by atoms with Gasteiger partial charge in [0.2, 0.25) is 11.7 Å².